The Morgan fingerprint density at radius 3 is 2.59 bits per heavy atom. The summed E-state index contributed by atoms with van der Waals surface area (Å²) in [4.78, 5) is 34.0. The van der Waals surface area contributed by atoms with Gasteiger partial charge in [0.05, 0.1) is 25.8 Å². The van der Waals surface area contributed by atoms with Gasteiger partial charge in [0.15, 0.2) is 0 Å². The van der Waals surface area contributed by atoms with E-state index in [0.717, 1.165) is 11.3 Å². The molecule has 2 amide bonds. The molecule has 0 aliphatic carbocycles. The molecule has 1 aliphatic rings. The Labute approximate surface area is 199 Å². The second-order valence-corrected chi connectivity index (χ2v) is 7.98. The third kappa shape index (κ3) is 4.80. The number of para-hydroxylation sites is 1. The second-order valence-electron chi connectivity index (χ2n) is 7.98. The predicted octanol–water partition coefficient (Wildman–Crippen LogP) is 3.89. The van der Waals surface area contributed by atoms with E-state index in [1.54, 1.807) is 49.3 Å². The highest BCUT2D eigenvalue weighted by Crippen LogP contribution is 2.34. The summed E-state index contributed by atoms with van der Waals surface area (Å²) in [6.07, 6.45) is 1.64. The Morgan fingerprint density at radius 2 is 1.82 bits per heavy atom. The second kappa shape index (κ2) is 10.2. The maximum absolute atomic E-state index is 13.9. The van der Waals surface area contributed by atoms with Gasteiger partial charge in [-0.15, -0.1) is 0 Å². The smallest absolute Gasteiger partial charge is 0.258 e. The molecule has 1 fully saturated rings. The Morgan fingerprint density at radius 1 is 1.00 bits per heavy atom. The van der Waals surface area contributed by atoms with Crippen LogP contribution in [-0.4, -0.2) is 60.5 Å². The van der Waals surface area contributed by atoms with E-state index in [9.17, 15) is 9.59 Å². The van der Waals surface area contributed by atoms with Crippen LogP contribution in [0.3, 0.4) is 0 Å². The summed E-state index contributed by atoms with van der Waals surface area (Å²) in [5.41, 5.74) is 2.06. The normalized spacial score (nSPS) is 15.6. The van der Waals surface area contributed by atoms with Crippen LogP contribution in [0.1, 0.15) is 28.9 Å². The van der Waals surface area contributed by atoms with Crippen molar-refractivity contribution in [3.63, 3.8) is 0 Å². The monoisotopic (exact) mass is 460 g/mol. The molecule has 1 atom stereocenters. The van der Waals surface area contributed by atoms with Gasteiger partial charge in [-0.1, -0.05) is 24.3 Å². The SMILES string of the molecule is COc1cccc(Nc2ncccc2C(=O)N2CCN(C(C)=O)CC2c2ccccc2OC)c1. The van der Waals surface area contributed by atoms with Gasteiger partial charge in [-0.2, -0.15) is 0 Å². The molecule has 1 aromatic heterocycles. The highest BCUT2D eigenvalue weighted by molar-refractivity contribution is 5.99. The molecule has 8 heteroatoms. The minimum Gasteiger partial charge on any atom is -0.497 e. The van der Waals surface area contributed by atoms with E-state index in [2.05, 4.69) is 10.3 Å². The number of nitrogens with zero attached hydrogens (tertiary/aromatic N) is 3. The van der Waals surface area contributed by atoms with E-state index >= 15 is 0 Å². The summed E-state index contributed by atoms with van der Waals surface area (Å²) >= 11 is 0. The number of ether oxygens (including phenoxy) is 2. The van der Waals surface area contributed by atoms with Crippen LogP contribution >= 0.6 is 0 Å². The first kappa shape index (κ1) is 23.1. The van der Waals surface area contributed by atoms with Crippen LogP contribution in [0.25, 0.3) is 0 Å². The molecule has 1 aliphatic heterocycles. The number of amides is 2. The van der Waals surface area contributed by atoms with Crippen molar-refractivity contribution < 1.29 is 19.1 Å². The number of piperazine rings is 1. The Kier molecular flexibility index (Phi) is 6.96. The first-order valence-corrected chi connectivity index (χ1v) is 11.1. The van der Waals surface area contributed by atoms with Crippen LogP contribution in [0.2, 0.25) is 0 Å². The number of rotatable bonds is 6. The van der Waals surface area contributed by atoms with Crippen molar-refractivity contribution in [1.82, 2.24) is 14.8 Å². The fourth-order valence-electron chi connectivity index (χ4n) is 4.19. The highest BCUT2D eigenvalue weighted by atomic mass is 16.5. The summed E-state index contributed by atoms with van der Waals surface area (Å²) in [6, 6.07) is 18.2. The van der Waals surface area contributed by atoms with Crippen LogP contribution in [0.4, 0.5) is 11.5 Å². The maximum Gasteiger partial charge on any atom is 0.258 e. The lowest BCUT2D eigenvalue weighted by Crippen LogP contribution is -2.52. The third-order valence-electron chi connectivity index (χ3n) is 5.96. The zero-order valence-corrected chi connectivity index (χ0v) is 19.5. The number of hydrogen-bond donors (Lipinski definition) is 1. The van der Waals surface area contributed by atoms with E-state index < -0.39 is 0 Å². The van der Waals surface area contributed by atoms with Crippen molar-refractivity contribution in [2.45, 2.75) is 13.0 Å². The van der Waals surface area contributed by atoms with Gasteiger partial charge in [0.2, 0.25) is 5.91 Å². The van der Waals surface area contributed by atoms with Crippen molar-refractivity contribution in [2.75, 3.05) is 39.2 Å². The van der Waals surface area contributed by atoms with E-state index in [1.165, 1.54) is 0 Å². The molecule has 34 heavy (non-hydrogen) atoms. The molecule has 0 spiro atoms. The molecule has 0 saturated carbocycles. The third-order valence-corrected chi connectivity index (χ3v) is 5.96. The molecule has 3 aromatic rings. The van der Waals surface area contributed by atoms with Gasteiger partial charge in [-0.25, -0.2) is 4.98 Å². The van der Waals surface area contributed by atoms with Crippen LogP contribution in [0, 0.1) is 0 Å². The first-order chi connectivity index (χ1) is 16.5. The number of carbonyl (C=O) groups is 2. The van der Waals surface area contributed by atoms with Gasteiger partial charge >= 0.3 is 0 Å². The van der Waals surface area contributed by atoms with Gasteiger partial charge in [0, 0.05) is 50.1 Å². The topological polar surface area (TPSA) is 84.0 Å². The number of pyridine rings is 1. The minimum atomic E-state index is -0.355. The summed E-state index contributed by atoms with van der Waals surface area (Å²) < 4.78 is 10.9. The fourth-order valence-corrected chi connectivity index (χ4v) is 4.19. The lowest BCUT2D eigenvalue weighted by atomic mass is 9.99. The van der Waals surface area contributed by atoms with Gasteiger partial charge in [-0.05, 0) is 30.3 Å². The summed E-state index contributed by atoms with van der Waals surface area (Å²) in [5, 5.41) is 3.24. The number of methoxy groups -OCH3 is 2. The molecule has 2 aromatic carbocycles. The van der Waals surface area contributed by atoms with Gasteiger partial charge in [-0.3, -0.25) is 9.59 Å². The van der Waals surface area contributed by atoms with Crippen molar-refractivity contribution in [3.05, 3.63) is 78.0 Å². The van der Waals surface area contributed by atoms with E-state index in [4.69, 9.17) is 9.47 Å². The number of benzene rings is 2. The zero-order chi connectivity index (χ0) is 24.1. The average molecular weight is 461 g/mol. The van der Waals surface area contributed by atoms with Gasteiger partial charge < -0.3 is 24.6 Å². The van der Waals surface area contributed by atoms with Crippen LogP contribution in [0.5, 0.6) is 11.5 Å². The number of aromatic nitrogens is 1. The van der Waals surface area contributed by atoms with E-state index in [1.807, 2.05) is 48.5 Å². The molecule has 4 rings (SSSR count). The summed E-state index contributed by atoms with van der Waals surface area (Å²) in [7, 11) is 3.21. The summed E-state index contributed by atoms with van der Waals surface area (Å²) in [5.74, 6) is 1.64. The van der Waals surface area contributed by atoms with Crippen LogP contribution < -0.4 is 14.8 Å². The van der Waals surface area contributed by atoms with Crippen molar-refractivity contribution in [1.29, 1.82) is 0 Å². The Balaban J connectivity index is 1.68. The fraction of sp³-hybridized carbons (Fsp3) is 0.269. The maximum atomic E-state index is 13.9. The number of anilines is 2. The van der Waals surface area contributed by atoms with E-state index in [-0.39, 0.29) is 17.9 Å². The van der Waals surface area contributed by atoms with Crippen LogP contribution in [-0.2, 0) is 4.79 Å². The average Bonchev–Trinajstić information content (AvgIpc) is 2.88. The largest absolute Gasteiger partial charge is 0.497 e. The molecule has 2 heterocycles. The standard InChI is InChI=1S/C26H28N4O4/c1-18(31)29-14-15-30(23(17-29)21-10-4-5-12-24(21)34-3)26(32)22-11-7-13-27-25(22)28-19-8-6-9-20(16-19)33-2/h4-13,16,23H,14-15,17H2,1-3H3,(H,27,28). The van der Waals surface area contributed by atoms with Crippen molar-refractivity contribution in [2.24, 2.45) is 0 Å². The van der Waals surface area contributed by atoms with E-state index in [0.29, 0.717) is 42.5 Å². The van der Waals surface area contributed by atoms with Crippen molar-refractivity contribution in [3.8, 4) is 11.5 Å². The Bertz CT molecular complexity index is 1180. The summed E-state index contributed by atoms with van der Waals surface area (Å²) in [6.45, 7) is 2.80. The molecule has 1 unspecified atom stereocenters. The Hall–Kier alpha value is -4.07. The molecule has 0 radical (unpaired) electrons. The molecule has 8 nitrogen and oxygen atoms in total. The van der Waals surface area contributed by atoms with Crippen LogP contribution in [0.15, 0.2) is 66.9 Å². The van der Waals surface area contributed by atoms with Crippen molar-refractivity contribution >= 4 is 23.3 Å². The van der Waals surface area contributed by atoms with Gasteiger partial charge in [0.1, 0.15) is 17.3 Å². The minimum absolute atomic E-state index is 0.0197. The zero-order valence-electron chi connectivity index (χ0n) is 19.5. The lowest BCUT2D eigenvalue weighted by Gasteiger charge is -2.42. The number of hydrogen-bond acceptors (Lipinski definition) is 6. The highest BCUT2D eigenvalue weighted by Gasteiger charge is 2.35. The molecular formula is C26H28N4O4. The first-order valence-electron chi connectivity index (χ1n) is 11.1. The van der Waals surface area contributed by atoms with Gasteiger partial charge in [0.25, 0.3) is 5.91 Å². The quantitative estimate of drug-likeness (QED) is 0.601. The lowest BCUT2D eigenvalue weighted by molar-refractivity contribution is -0.131. The number of nitrogens with one attached hydrogen (secondary N) is 1. The molecule has 1 N–H and O–H groups in total. The molecule has 176 valence electrons. The molecule has 0 bridgehead atoms. The molecular weight excluding hydrogens is 432 g/mol. The predicted molar refractivity (Wildman–Crippen MR) is 130 cm³/mol. The number of carbonyl (C=O) groups excluding carboxylic acids is 2. The molecule has 1 saturated heterocycles.